The first-order valence-corrected chi connectivity index (χ1v) is 15.3. The van der Waals surface area contributed by atoms with Crippen molar-refractivity contribution in [1.29, 1.82) is 0 Å². The monoisotopic (exact) mass is 563 g/mol. The van der Waals surface area contributed by atoms with Crippen LogP contribution < -0.4 is 10.1 Å². The van der Waals surface area contributed by atoms with Gasteiger partial charge in [-0.1, -0.05) is 51.0 Å². The fraction of sp³-hybridized carbons (Fsp3) is 0.387. The van der Waals surface area contributed by atoms with Gasteiger partial charge in [0.05, 0.1) is 29.4 Å². The van der Waals surface area contributed by atoms with E-state index >= 15 is 0 Å². The summed E-state index contributed by atoms with van der Waals surface area (Å²) >= 11 is 3.21. The van der Waals surface area contributed by atoms with Crippen LogP contribution in [0.1, 0.15) is 77.8 Å². The van der Waals surface area contributed by atoms with Crippen LogP contribution >= 0.6 is 22.7 Å². The third-order valence-corrected chi connectivity index (χ3v) is 8.39. The molecular weight excluding hydrogens is 526 g/mol. The topological polar surface area (TPSA) is 84.3 Å². The molecule has 0 aliphatic carbocycles. The van der Waals surface area contributed by atoms with E-state index in [2.05, 4.69) is 72.9 Å². The molecule has 206 valence electrons. The number of benzene rings is 2. The highest BCUT2D eigenvalue weighted by Gasteiger charge is 2.12. The molecule has 0 spiro atoms. The molecule has 39 heavy (non-hydrogen) atoms. The molecule has 0 fully saturated rings. The number of hydrogen-bond donors (Lipinski definition) is 2. The summed E-state index contributed by atoms with van der Waals surface area (Å²) in [6, 6.07) is 15.1. The van der Waals surface area contributed by atoms with Crippen LogP contribution in [0.5, 0.6) is 5.75 Å². The number of aryl methyl sites for hydroxylation is 1. The maximum atomic E-state index is 10.7. The van der Waals surface area contributed by atoms with E-state index in [1.54, 1.807) is 22.7 Å². The van der Waals surface area contributed by atoms with Gasteiger partial charge in [0.15, 0.2) is 0 Å². The van der Waals surface area contributed by atoms with Crippen molar-refractivity contribution in [2.24, 2.45) is 0 Å². The molecule has 2 aromatic heterocycles. The molecule has 0 aliphatic heterocycles. The standard InChI is InChI=1S/C31H37N3O3S2/c1-4-6-23(7-5-2)24-10-8-22(9-11-24)18-37-26-12-13-27(21(3)14-26)28-20-39-30(34-28)15-29-33-25(19-38-29)16-32-17-31(35)36/h8-14,19-20,23,32H,4-7,15-18H2,1-3H3,(H,35,36). The summed E-state index contributed by atoms with van der Waals surface area (Å²) in [5.41, 5.74) is 6.66. The number of carbonyl (C=O) groups is 1. The maximum Gasteiger partial charge on any atom is 0.317 e. The van der Waals surface area contributed by atoms with Crippen LogP contribution in [0.2, 0.25) is 0 Å². The van der Waals surface area contributed by atoms with Crippen molar-refractivity contribution in [1.82, 2.24) is 15.3 Å². The molecule has 0 amide bonds. The number of aliphatic carboxylic acids is 1. The molecule has 0 bridgehead atoms. The average molecular weight is 564 g/mol. The van der Waals surface area contributed by atoms with Gasteiger partial charge in [-0.05, 0) is 60.6 Å². The third kappa shape index (κ3) is 8.46. The molecule has 8 heteroatoms. The van der Waals surface area contributed by atoms with Crippen molar-refractivity contribution in [3.63, 3.8) is 0 Å². The van der Waals surface area contributed by atoms with Crippen molar-refractivity contribution in [2.75, 3.05) is 6.54 Å². The summed E-state index contributed by atoms with van der Waals surface area (Å²) < 4.78 is 6.12. The predicted octanol–water partition coefficient (Wildman–Crippen LogP) is 7.60. The Balaban J connectivity index is 1.32. The fourth-order valence-corrected chi connectivity index (χ4v) is 6.38. The van der Waals surface area contributed by atoms with Gasteiger partial charge in [0, 0.05) is 22.9 Å². The molecule has 2 N–H and O–H groups in total. The van der Waals surface area contributed by atoms with Gasteiger partial charge in [-0.2, -0.15) is 0 Å². The van der Waals surface area contributed by atoms with Crippen LogP contribution in [-0.4, -0.2) is 27.6 Å². The van der Waals surface area contributed by atoms with E-state index in [4.69, 9.17) is 14.8 Å². The molecule has 2 heterocycles. The number of aromatic nitrogens is 2. The lowest BCUT2D eigenvalue weighted by Crippen LogP contribution is -2.21. The predicted molar refractivity (Wildman–Crippen MR) is 160 cm³/mol. The first kappa shape index (κ1) is 28.9. The highest BCUT2D eigenvalue weighted by Crippen LogP contribution is 2.30. The van der Waals surface area contributed by atoms with Crippen molar-refractivity contribution in [3.8, 4) is 17.0 Å². The smallest absolute Gasteiger partial charge is 0.317 e. The molecular formula is C31H37N3O3S2. The number of carboxylic acids is 1. The van der Waals surface area contributed by atoms with Gasteiger partial charge in [-0.15, -0.1) is 22.7 Å². The minimum absolute atomic E-state index is 0.0718. The van der Waals surface area contributed by atoms with E-state index in [0.29, 0.717) is 25.5 Å². The second kappa shape index (κ2) is 14.4. The minimum atomic E-state index is -0.872. The molecule has 0 unspecified atom stereocenters. The zero-order valence-corrected chi connectivity index (χ0v) is 24.5. The number of carboxylic acid groups (broad SMARTS) is 1. The third-order valence-electron chi connectivity index (χ3n) is 6.64. The Morgan fingerprint density at radius 2 is 1.72 bits per heavy atom. The van der Waals surface area contributed by atoms with E-state index in [0.717, 1.165) is 38.3 Å². The van der Waals surface area contributed by atoms with Crippen LogP contribution in [0, 0.1) is 6.92 Å². The summed E-state index contributed by atoms with van der Waals surface area (Å²) in [5, 5.41) is 17.7. The number of ether oxygens (including phenoxy) is 1. The van der Waals surface area contributed by atoms with Crippen LogP contribution in [0.4, 0.5) is 0 Å². The molecule has 0 aliphatic rings. The number of nitrogens with one attached hydrogen (secondary N) is 1. The normalized spacial score (nSPS) is 11.3. The van der Waals surface area contributed by atoms with Gasteiger partial charge >= 0.3 is 5.97 Å². The molecule has 0 radical (unpaired) electrons. The molecule has 0 saturated heterocycles. The lowest BCUT2D eigenvalue weighted by molar-refractivity contribution is -0.136. The van der Waals surface area contributed by atoms with Gasteiger partial charge in [-0.3, -0.25) is 4.79 Å². The summed E-state index contributed by atoms with van der Waals surface area (Å²) in [6.45, 7) is 7.54. The highest BCUT2D eigenvalue weighted by molar-refractivity contribution is 7.11. The SMILES string of the molecule is CCCC(CCC)c1ccc(COc2ccc(-c3csc(Cc4nc(CNCC(=O)O)cs4)n3)c(C)c2)cc1. The number of rotatable bonds is 15. The first-order valence-electron chi connectivity index (χ1n) is 13.6. The van der Waals surface area contributed by atoms with Crippen LogP contribution in [0.3, 0.4) is 0 Å². The minimum Gasteiger partial charge on any atom is -0.489 e. The number of thiazole rings is 2. The van der Waals surface area contributed by atoms with E-state index in [1.807, 2.05) is 11.4 Å². The summed E-state index contributed by atoms with van der Waals surface area (Å²) in [7, 11) is 0. The second-order valence-electron chi connectivity index (χ2n) is 9.81. The Morgan fingerprint density at radius 1 is 1.00 bits per heavy atom. The fourth-order valence-electron chi connectivity index (χ4n) is 4.69. The number of hydrogen-bond acceptors (Lipinski definition) is 7. The Labute approximate surface area is 239 Å². The van der Waals surface area contributed by atoms with E-state index in [1.165, 1.54) is 36.8 Å². The molecule has 6 nitrogen and oxygen atoms in total. The van der Waals surface area contributed by atoms with Gasteiger partial charge in [-0.25, -0.2) is 9.97 Å². The lowest BCUT2D eigenvalue weighted by Gasteiger charge is -2.16. The van der Waals surface area contributed by atoms with Crippen molar-refractivity contribution < 1.29 is 14.6 Å². The molecule has 0 atom stereocenters. The van der Waals surface area contributed by atoms with Crippen LogP contribution in [0.25, 0.3) is 11.3 Å². The van der Waals surface area contributed by atoms with Gasteiger partial charge in [0.1, 0.15) is 17.4 Å². The Hall–Kier alpha value is -3.07. The zero-order valence-electron chi connectivity index (χ0n) is 22.9. The van der Waals surface area contributed by atoms with Gasteiger partial charge in [0.25, 0.3) is 0 Å². The largest absolute Gasteiger partial charge is 0.489 e. The summed E-state index contributed by atoms with van der Waals surface area (Å²) in [5.74, 6) is 0.643. The van der Waals surface area contributed by atoms with E-state index < -0.39 is 5.97 Å². The quantitative estimate of drug-likeness (QED) is 0.155. The number of nitrogens with zero attached hydrogens (tertiary/aromatic N) is 2. The van der Waals surface area contributed by atoms with Crippen molar-refractivity contribution in [3.05, 3.63) is 85.6 Å². The van der Waals surface area contributed by atoms with Crippen LogP contribution in [-0.2, 0) is 24.4 Å². The van der Waals surface area contributed by atoms with Gasteiger partial charge in [0.2, 0.25) is 0 Å². The Bertz CT molecular complexity index is 1340. The Morgan fingerprint density at radius 3 is 2.41 bits per heavy atom. The zero-order chi connectivity index (χ0) is 27.6. The molecule has 4 rings (SSSR count). The molecule has 0 saturated carbocycles. The van der Waals surface area contributed by atoms with Crippen molar-refractivity contribution >= 4 is 28.6 Å². The van der Waals surface area contributed by atoms with Crippen molar-refractivity contribution in [2.45, 2.75) is 71.9 Å². The average Bonchev–Trinajstić information content (AvgIpc) is 3.57. The summed E-state index contributed by atoms with van der Waals surface area (Å²) in [4.78, 5) is 20.1. The summed E-state index contributed by atoms with van der Waals surface area (Å²) in [6.07, 6.45) is 5.60. The first-order chi connectivity index (χ1) is 18.9. The second-order valence-corrected chi connectivity index (χ2v) is 11.7. The highest BCUT2D eigenvalue weighted by atomic mass is 32.1. The lowest BCUT2D eigenvalue weighted by atomic mass is 9.90. The van der Waals surface area contributed by atoms with Crippen LogP contribution in [0.15, 0.2) is 53.2 Å². The molecule has 4 aromatic rings. The van der Waals surface area contributed by atoms with E-state index in [9.17, 15) is 4.79 Å². The maximum absolute atomic E-state index is 10.7. The van der Waals surface area contributed by atoms with E-state index in [-0.39, 0.29) is 6.54 Å². The molecule has 2 aromatic carbocycles. The Kier molecular flexibility index (Phi) is 10.6. The van der Waals surface area contributed by atoms with Gasteiger partial charge < -0.3 is 15.2 Å².